The maximum atomic E-state index is 6.54. The zero-order chi connectivity index (χ0) is 37.7. The molecule has 3 heteroatoms. The Morgan fingerprint density at radius 3 is 1.54 bits per heavy atom. The summed E-state index contributed by atoms with van der Waals surface area (Å²) in [7, 11) is 0. The summed E-state index contributed by atoms with van der Waals surface area (Å²) in [6, 6.07) is 76.4. The topological polar surface area (TPSA) is 16.4 Å². The Bertz CT molecular complexity index is 3260. The van der Waals surface area contributed by atoms with E-state index >= 15 is 0 Å². The quantitative estimate of drug-likeness (QED) is 0.162. The molecule has 2 nitrogen and oxygen atoms in total. The smallest absolute Gasteiger partial charge is 0.137 e. The number of hydrogen-bond acceptors (Lipinski definition) is 3. The van der Waals surface area contributed by atoms with Crippen molar-refractivity contribution in [2.24, 2.45) is 0 Å². The maximum Gasteiger partial charge on any atom is 0.137 e. The molecular weight excluding hydrogens is 711 g/mol. The monoisotopic (exact) mass is 745 g/mol. The molecule has 0 bridgehead atoms. The van der Waals surface area contributed by atoms with Gasteiger partial charge in [-0.15, -0.1) is 11.3 Å². The number of benzene rings is 9. The van der Waals surface area contributed by atoms with E-state index in [2.05, 4.69) is 211 Å². The summed E-state index contributed by atoms with van der Waals surface area (Å²) in [5.41, 5.74) is 14.4. The van der Waals surface area contributed by atoms with Crippen LogP contribution in [0.4, 0.5) is 17.1 Å². The molecule has 0 N–H and O–H groups in total. The molecule has 0 unspecified atom stereocenters. The van der Waals surface area contributed by atoms with E-state index in [1.54, 1.807) is 0 Å². The van der Waals surface area contributed by atoms with Gasteiger partial charge in [0.2, 0.25) is 0 Å². The summed E-state index contributed by atoms with van der Waals surface area (Å²) in [5, 5.41) is 4.75. The lowest BCUT2D eigenvalue weighted by Crippen LogP contribution is -2.13. The van der Waals surface area contributed by atoms with Crippen LogP contribution in [-0.2, 0) is 0 Å². The van der Waals surface area contributed by atoms with Gasteiger partial charge in [0.05, 0.1) is 22.4 Å². The Labute approximate surface area is 335 Å². The van der Waals surface area contributed by atoms with Gasteiger partial charge < -0.3 is 9.32 Å². The Morgan fingerprint density at radius 2 is 0.789 bits per heavy atom. The standard InChI is InChI=1S/C54H35NOS/c1-2-18-36(19-3-1)37-20-4-5-21-38(37)39-22-6-7-23-40(39)41-24-8-12-30-47(41)55(49-32-17-34-51-53(49)46-27-10-14-33-50(46)56-51)48-31-13-9-25-42(48)44-28-16-29-45-43-26-11-15-35-52(43)57-54(44)45/h1-35H. The van der Waals surface area contributed by atoms with Crippen LogP contribution in [0.15, 0.2) is 217 Å². The minimum atomic E-state index is 0.859. The summed E-state index contributed by atoms with van der Waals surface area (Å²) in [6.45, 7) is 0. The van der Waals surface area contributed by atoms with Gasteiger partial charge in [-0.05, 0) is 64.2 Å². The van der Waals surface area contributed by atoms with Gasteiger partial charge in [0.25, 0.3) is 0 Å². The van der Waals surface area contributed by atoms with Crippen LogP contribution >= 0.6 is 11.3 Å². The van der Waals surface area contributed by atoms with E-state index in [4.69, 9.17) is 4.42 Å². The molecule has 0 spiro atoms. The number of thiophene rings is 1. The Kier molecular flexibility index (Phi) is 8.04. The minimum absolute atomic E-state index is 0.859. The van der Waals surface area contributed by atoms with E-state index in [1.165, 1.54) is 48.0 Å². The molecule has 0 atom stereocenters. The molecule has 268 valence electrons. The van der Waals surface area contributed by atoms with Gasteiger partial charge in [-0.2, -0.15) is 0 Å². The fourth-order valence-electron chi connectivity index (χ4n) is 8.62. The average Bonchev–Trinajstić information content (AvgIpc) is 3.86. The van der Waals surface area contributed by atoms with Crippen LogP contribution < -0.4 is 4.90 Å². The highest BCUT2D eigenvalue weighted by molar-refractivity contribution is 7.26. The molecule has 0 amide bonds. The number of hydrogen-bond donors (Lipinski definition) is 0. The SMILES string of the molecule is c1ccc(-c2ccccc2-c2ccccc2-c2ccccc2N(c2ccccc2-c2cccc3c2sc2ccccc23)c2cccc3oc4ccccc4c23)cc1. The highest BCUT2D eigenvalue weighted by Crippen LogP contribution is 2.51. The molecule has 2 heterocycles. The molecule has 0 aliphatic heterocycles. The number of nitrogens with zero attached hydrogens (tertiary/aromatic N) is 1. The second-order valence-corrected chi connectivity index (χ2v) is 15.4. The Balaban J connectivity index is 1.20. The van der Waals surface area contributed by atoms with Crippen molar-refractivity contribution in [2.75, 3.05) is 4.90 Å². The van der Waals surface area contributed by atoms with Crippen molar-refractivity contribution in [3.63, 3.8) is 0 Å². The van der Waals surface area contributed by atoms with Crippen molar-refractivity contribution < 1.29 is 4.42 Å². The first-order valence-electron chi connectivity index (χ1n) is 19.4. The second-order valence-electron chi connectivity index (χ2n) is 14.4. The number of fused-ring (bicyclic) bond motifs is 6. The number of para-hydroxylation sites is 3. The molecule has 9 aromatic carbocycles. The first-order valence-corrected chi connectivity index (χ1v) is 20.2. The van der Waals surface area contributed by atoms with Gasteiger partial charge >= 0.3 is 0 Å². The van der Waals surface area contributed by atoms with Crippen molar-refractivity contribution in [3.8, 4) is 44.5 Å². The van der Waals surface area contributed by atoms with E-state index < -0.39 is 0 Å². The van der Waals surface area contributed by atoms with Crippen LogP contribution in [-0.4, -0.2) is 0 Å². The zero-order valence-corrected chi connectivity index (χ0v) is 31.8. The normalized spacial score (nSPS) is 11.5. The summed E-state index contributed by atoms with van der Waals surface area (Å²) in [4.78, 5) is 2.47. The van der Waals surface area contributed by atoms with E-state index in [9.17, 15) is 0 Å². The first-order chi connectivity index (χ1) is 28.3. The largest absolute Gasteiger partial charge is 0.456 e. The van der Waals surface area contributed by atoms with E-state index in [0.717, 1.165) is 55.7 Å². The van der Waals surface area contributed by atoms with E-state index in [-0.39, 0.29) is 0 Å². The molecule has 0 saturated heterocycles. The van der Waals surface area contributed by atoms with Gasteiger partial charge in [-0.3, -0.25) is 0 Å². The molecule has 0 radical (unpaired) electrons. The van der Waals surface area contributed by atoms with Crippen molar-refractivity contribution >= 4 is 70.5 Å². The first kappa shape index (κ1) is 33.2. The van der Waals surface area contributed by atoms with Crippen LogP contribution in [0.1, 0.15) is 0 Å². The maximum absolute atomic E-state index is 6.54. The minimum Gasteiger partial charge on any atom is -0.456 e. The van der Waals surface area contributed by atoms with Gasteiger partial charge in [0.1, 0.15) is 11.2 Å². The third kappa shape index (κ3) is 5.55. The molecule has 0 saturated carbocycles. The van der Waals surface area contributed by atoms with Crippen LogP contribution in [0.5, 0.6) is 0 Å². The summed E-state index contributed by atoms with van der Waals surface area (Å²) in [5.74, 6) is 0. The van der Waals surface area contributed by atoms with Crippen molar-refractivity contribution in [1.82, 2.24) is 0 Å². The summed E-state index contributed by atoms with van der Waals surface area (Å²) < 4.78 is 9.12. The molecule has 0 aliphatic carbocycles. The highest BCUT2D eigenvalue weighted by atomic mass is 32.1. The molecular formula is C54H35NOS. The third-order valence-electron chi connectivity index (χ3n) is 11.1. The van der Waals surface area contributed by atoms with E-state index in [1.807, 2.05) is 17.4 Å². The van der Waals surface area contributed by atoms with Gasteiger partial charge in [-0.1, -0.05) is 176 Å². The molecule has 11 rings (SSSR count). The number of anilines is 3. The van der Waals surface area contributed by atoms with Gasteiger partial charge in [0.15, 0.2) is 0 Å². The highest BCUT2D eigenvalue weighted by Gasteiger charge is 2.26. The predicted molar refractivity (Wildman–Crippen MR) is 243 cm³/mol. The van der Waals surface area contributed by atoms with Gasteiger partial charge in [0, 0.05) is 42.2 Å². The van der Waals surface area contributed by atoms with Crippen LogP contribution in [0.25, 0.3) is 86.6 Å². The molecule has 0 aliphatic rings. The average molecular weight is 746 g/mol. The molecule has 0 fully saturated rings. The number of rotatable bonds is 7. The van der Waals surface area contributed by atoms with Crippen molar-refractivity contribution in [2.45, 2.75) is 0 Å². The fourth-order valence-corrected chi connectivity index (χ4v) is 9.85. The van der Waals surface area contributed by atoms with Crippen molar-refractivity contribution in [3.05, 3.63) is 212 Å². The zero-order valence-electron chi connectivity index (χ0n) is 31.0. The van der Waals surface area contributed by atoms with Crippen molar-refractivity contribution in [1.29, 1.82) is 0 Å². The Morgan fingerprint density at radius 1 is 0.316 bits per heavy atom. The lowest BCUT2D eigenvalue weighted by molar-refractivity contribution is 0.669. The van der Waals surface area contributed by atoms with Gasteiger partial charge in [-0.25, -0.2) is 0 Å². The number of furan rings is 1. The third-order valence-corrected chi connectivity index (χ3v) is 12.3. The molecule has 57 heavy (non-hydrogen) atoms. The molecule has 2 aromatic heterocycles. The van der Waals surface area contributed by atoms with Crippen LogP contribution in [0.3, 0.4) is 0 Å². The van der Waals surface area contributed by atoms with Crippen LogP contribution in [0, 0.1) is 0 Å². The lowest BCUT2D eigenvalue weighted by atomic mass is 9.88. The summed E-state index contributed by atoms with van der Waals surface area (Å²) in [6.07, 6.45) is 0. The van der Waals surface area contributed by atoms with Crippen LogP contribution in [0.2, 0.25) is 0 Å². The second kappa shape index (κ2) is 13.8. The summed E-state index contributed by atoms with van der Waals surface area (Å²) >= 11 is 1.87. The lowest BCUT2D eigenvalue weighted by Gasteiger charge is -2.31. The molecule has 11 aromatic rings. The Hall–Kier alpha value is -7.20. The van der Waals surface area contributed by atoms with E-state index in [0.29, 0.717) is 0 Å². The predicted octanol–water partition coefficient (Wildman–Crippen LogP) is 16.1. The fraction of sp³-hybridized carbons (Fsp3) is 0.